The summed E-state index contributed by atoms with van der Waals surface area (Å²) in [6.07, 6.45) is 3.05. The summed E-state index contributed by atoms with van der Waals surface area (Å²) in [6, 6.07) is 5.83. The van der Waals surface area contributed by atoms with Gasteiger partial charge in [0.1, 0.15) is 0 Å². The molecule has 2 rings (SSSR count). The molecule has 0 radical (unpaired) electrons. The number of hydrogen-bond acceptors (Lipinski definition) is 2. The number of amides is 3. The van der Waals surface area contributed by atoms with Crippen LogP contribution in [0.1, 0.15) is 50.7 Å². The van der Waals surface area contributed by atoms with Crippen molar-refractivity contribution in [2.45, 2.75) is 59.4 Å². The second-order valence-electron chi connectivity index (χ2n) is 7.56. The normalized spacial score (nSPS) is 18.2. The molecule has 0 saturated carbocycles. The topological polar surface area (TPSA) is 61.4 Å². The smallest absolute Gasteiger partial charge is 0.319 e. The van der Waals surface area contributed by atoms with Crippen LogP contribution in [0.2, 0.25) is 0 Å². The first kappa shape index (κ1) is 19.3. The maximum atomic E-state index is 12.3. The number of anilines is 1. The number of nitrogens with zero attached hydrogens (tertiary/aromatic N) is 1. The Balaban J connectivity index is 1.85. The zero-order chi connectivity index (χ0) is 18.4. The maximum Gasteiger partial charge on any atom is 0.319 e. The van der Waals surface area contributed by atoms with E-state index in [1.165, 1.54) is 0 Å². The van der Waals surface area contributed by atoms with Gasteiger partial charge in [-0.25, -0.2) is 4.79 Å². The highest BCUT2D eigenvalue weighted by Gasteiger charge is 2.23. The van der Waals surface area contributed by atoms with Gasteiger partial charge in [-0.2, -0.15) is 0 Å². The number of rotatable bonds is 5. The Morgan fingerprint density at radius 1 is 1.20 bits per heavy atom. The fourth-order valence-electron chi connectivity index (χ4n) is 3.23. The van der Waals surface area contributed by atoms with Crippen molar-refractivity contribution in [1.29, 1.82) is 0 Å². The van der Waals surface area contributed by atoms with Crippen LogP contribution in [0.25, 0.3) is 0 Å². The summed E-state index contributed by atoms with van der Waals surface area (Å²) in [4.78, 5) is 26.4. The first-order valence-electron chi connectivity index (χ1n) is 9.27. The number of likely N-dealkylation sites (tertiary alicyclic amines) is 1. The highest BCUT2D eigenvalue weighted by atomic mass is 16.2. The SMILES string of the molecule is Cc1cc(C)cc(NC(=O)NC2CCC(=O)N(CCC(C)C)CC2)c1. The van der Waals surface area contributed by atoms with Gasteiger partial charge in [-0.3, -0.25) is 4.79 Å². The predicted molar refractivity (Wildman–Crippen MR) is 102 cm³/mol. The molecule has 1 saturated heterocycles. The van der Waals surface area contributed by atoms with Gasteiger partial charge in [0, 0.05) is 31.2 Å². The number of carbonyl (C=O) groups excluding carboxylic acids is 2. The van der Waals surface area contributed by atoms with Crippen LogP contribution in [0.5, 0.6) is 0 Å². The van der Waals surface area contributed by atoms with Gasteiger partial charge < -0.3 is 15.5 Å². The zero-order valence-electron chi connectivity index (χ0n) is 15.9. The van der Waals surface area contributed by atoms with Crippen molar-refractivity contribution < 1.29 is 9.59 Å². The van der Waals surface area contributed by atoms with Crippen molar-refractivity contribution in [3.63, 3.8) is 0 Å². The predicted octanol–water partition coefficient (Wildman–Crippen LogP) is 3.85. The molecule has 0 bridgehead atoms. The number of carbonyl (C=O) groups is 2. The summed E-state index contributed by atoms with van der Waals surface area (Å²) in [6.45, 7) is 9.91. The van der Waals surface area contributed by atoms with Crippen molar-refractivity contribution in [2.24, 2.45) is 5.92 Å². The molecule has 1 aromatic carbocycles. The van der Waals surface area contributed by atoms with E-state index in [2.05, 4.69) is 30.5 Å². The molecule has 3 amide bonds. The molecule has 2 N–H and O–H groups in total. The number of urea groups is 1. The lowest BCUT2D eigenvalue weighted by molar-refractivity contribution is -0.130. The van der Waals surface area contributed by atoms with Gasteiger partial charge in [-0.1, -0.05) is 19.9 Å². The fourth-order valence-corrected chi connectivity index (χ4v) is 3.23. The molecule has 0 spiro atoms. The quantitative estimate of drug-likeness (QED) is 0.851. The molecule has 5 nitrogen and oxygen atoms in total. The maximum absolute atomic E-state index is 12.3. The molecule has 1 unspecified atom stereocenters. The third kappa shape index (κ3) is 6.40. The van der Waals surface area contributed by atoms with E-state index in [1.54, 1.807) is 0 Å². The van der Waals surface area contributed by atoms with Gasteiger partial charge in [0.15, 0.2) is 0 Å². The average molecular weight is 345 g/mol. The molecule has 1 heterocycles. The summed E-state index contributed by atoms with van der Waals surface area (Å²) < 4.78 is 0. The van der Waals surface area contributed by atoms with E-state index in [9.17, 15) is 9.59 Å². The van der Waals surface area contributed by atoms with Crippen molar-refractivity contribution in [3.05, 3.63) is 29.3 Å². The largest absolute Gasteiger partial charge is 0.343 e. The molecule has 5 heteroatoms. The Bertz CT molecular complexity index is 593. The first-order chi connectivity index (χ1) is 11.8. The standard InChI is InChI=1S/C20H31N3O2/c1-14(2)7-9-23-10-8-17(5-6-19(23)24)21-20(25)22-18-12-15(3)11-16(4)13-18/h11-14,17H,5-10H2,1-4H3,(H2,21,22,25). The second-order valence-corrected chi connectivity index (χ2v) is 7.56. The Kier molecular flexibility index (Phi) is 6.85. The van der Waals surface area contributed by atoms with Crippen molar-refractivity contribution in [2.75, 3.05) is 18.4 Å². The molecule has 1 atom stereocenters. The molecule has 1 fully saturated rings. The molecule has 138 valence electrons. The van der Waals surface area contributed by atoms with Crippen molar-refractivity contribution >= 4 is 17.6 Å². The number of nitrogens with one attached hydrogen (secondary N) is 2. The van der Waals surface area contributed by atoms with Crippen molar-refractivity contribution in [3.8, 4) is 0 Å². The first-order valence-corrected chi connectivity index (χ1v) is 9.27. The van der Waals surface area contributed by atoms with Crippen LogP contribution in [0.3, 0.4) is 0 Å². The van der Waals surface area contributed by atoms with Gasteiger partial charge in [-0.15, -0.1) is 0 Å². The van der Waals surface area contributed by atoms with Gasteiger partial charge in [0.25, 0.3) is 0 Å². The van der Waals surface area contributed by atoms with Crippen LogP contribution in [0, 0.1) is 19.8 Å². The summed E-state index contributed by atoms with van der Waals surface area (Å²) in [5.41, 5.74) is 3.05. The van der Waals surface area contributed by atoms with E-state index in [0.29, 0.717) is 18.8 Å². The van der Waals surface area contributed by atoms with Crippen LogP contribution in [0.15, 0.2) is 18.2 Å². The number of benzene rings is 1. The highest BCUT2D eigenvalue weighted by molar-refractivity contribution is 5.89. The Morgan fingerprint density at radius 3 is 2.52 bits per heavy atom. The number of hydrogen-bond donors (Lipinski definition) is 2. The third-order valence-electron chi connectivity index (χ3n) is 4.60. The summed E-state index contributed by atoms with van der Waals surface area (Å²) in [5, 5.41) is 5.93. The van der Waals surface area contributed by atoms with E-state index in [-0.39, 0.29) is 18.0 Å². The molecule has 0 aromatic heterocycles. The number of aryl methyl sites for hydroxylation is 2. The highest BCUT2D eigenvalue weighted by Crippen LogP contribution is 2.16. The van der Waals surface area contributed by atoms with E-state index in [0.717, 1.165) is 42.7 Å². The minimum absolute atomic E-state index is 0.0407. The fraction of sp³-hybridized carbons (Fsp3) is 0.600. The lowest BCUT2D eigenvalue weighted by Crippen LogP contribution is -2.38. The van der Waals surface area contributed by atoms with Gasteiger partial charge in [0.05, 0.1) is 0 Å². The van der Waals surface area contributed by atoms with Crippen LogP contribution in [-0.4, -0.2) is 36.0 Å². The van der Waals surface area contributed by atoms with E-state index < -0.39 is 0 Å². The zero-order valence-corrected chi connectivity index (χ0v) is 15.9. The Morgan fingerprint density at radius 2 is 1.88 bits per heavy atom. The van der Waals surface area contributed by atoms with Crippen LogP contribution >= 0.6 is 0 Å². The van der Waals surface area contributed by atoms with Gasteiger partial charge in [-0.05, 0) is 62.3 Å². The monoisotopic (exact) mass is 345 g/mol. The van der Waals surface area contributed by atoms with E-state index in [4.69, 9.17) is 0 Å². The average Bonchev–Trinajstić information content (AvgIpc) is 2.66. The molecular formula is C20H31N3O2. The lowest BCUT2D eigenvalue weighted by Gasteiger charge is -2.22. The van der Waals surface area contributed by atoms with Gasteiger partial charge >= 0.3 is 6.03 Å². The molecule has 1 aliphatic rings. The van der Waals surface area contributed by atoms with Crippen LogP contribution < -0.4 is 10.6 Å². The van der Waals surface area contributed by atoms with E-state index in [1.807, 2.05) is 30.9 Å². The summed E-state index contributed by atoms with van der Waals surface area (Å²) in [5.74, 6) is 0.799. The van der Waals surface area contributed by atoms with Crippen molar-refractivity contribution in [1.82, 2.24) is 10.2 Å². The minimum atomic E-state index is -0.196. The second kappa shape index (κ2) is 8.88. The Labute approximate surface area is 151 Å². The van der Waals surface area contributed by atoms with Crippen LogP contribution in [-0.2, 0) is 4.79 Å². The van der Waals surface area contributed by atoms with Gasteiger partial charge in [0.2, 0.25) is 5.91 Å². The molecule has 1 aromatic rings. The minimum Gasteiger partial charge on any atom is -0.343 e. The van der Waals surface area contributed by atoms with E-state index >= 15 is 0 Å². The summed E-state index contributed by atoms with van der Waals surface area (Å²) >= 11 is 0. The molecule has 25 heavy (non-hydrogen) atoms. The third-order valence-corrected chi connectivity index (χ3v) is 4.60. The van der Waals surface area contributed by atoms with Crippen LogP contribution in [0.4, 0.5) is 10.5 Å². The molecule has 0 aliphatic carbocycles. The summed E-state index contributed by atoms with van der Waals surface area (Å²) in [7, 11) is 0. The lowest BCUT2D eigenvalue weighted by atomic mass is 10.1. The molecule has 1 aliphatic heterocycles. The molecular weight excluding hydrogens is 314 g/mol. The Hall–Kier alpha value is -2.04.